The lowest BCUT2D eigenvalue weighted by atomic mass is 10.0. The Morgan fingerprint density at radius 1 is 1.14 bits per heavy atom. The number of hydrogen-bond donors (Lipinski definition) is 4. The van der Waals surface area contributed by atoms with Crippen LogP contribution in [0.5, 0.6) is 0 Å². The van der Waals surface area contributed by atoms with E-state index in [0.29, 0.717) is 30.4 Å². The zero-order valence-corrected chi connectivity index (χ0v) is 15.9. The number of carbonyl (C=O) groups is 2. The predicted octanol–water partition coefficient (Wildman–Crippen LogP) is 2.14. The quantitative estimate of drug-likeness (QED) is 0.299. The van der Waals surface area contributed by atoms with Gasteiger partial charge < -0.3 is 10.6 Å². The first-order chi connectivity index (χ1) is 13.5. The van der Waals surface area contributed by atoms with E-state index in [-0.39, 0.29) is 5.91 Å². The highest BCUT2D eigenvalue weighted by atomic mass is 16.5. The van der Waals surface area contributed by atoms with Crippen LogP contribution in [-0.2, 0) is 16.1 Å². The summed E-state index contributed by atoms with van der Waals surface area (Å²) in [5, 5.41) is 14.5. The summed E-state index contributed by atoms with van der Waals surface area (Å²) >= 11 is 0. The van der Waals surface area contributed by atoms with Crippen molar-refractivity contribution in [1.29, 1.82) is 0 Å². The highest BCUT2D eigenvalue weighted by Crippen LogP contribution is 2.12. The van der Waals surface area contributed by atoms with Gasteiger partial charge in [-0.2, -0.15) is 0 Å². The predicted molar refractivity (Wildman–Crippen MR) is 106 cm³/mol. The van der Waals surface area contributed by atoms with Crippen molar-refractivity contribution in [2.45, 2.75) is 32.9 Å². The normalized spacial score (nSPS) is 12.0. The lowest BCUT2D eigenvalue weighted by molar-refractivity contribution is -0.124. The number of amides is 2. The summed E-state index contributed by atoms with van der Waals surface area (Å²) in [5.74, 6) is 0.00966. The van der Waals surface area contributed by atoms with Crippen molar-refractivity contribution >= 4 is 23.7 Å². The van der Waals surface area contributed by atoms with E-state index < -0.39 is 11.9 Å². The standard InChI is InChI=1S/C20H25N5O3/c1-14(2)10-17(20(27)23-11-15-6-4-3-5-7-15)24-18-13-21-16(12-22-18)8-9-19(26)25-28/h3-9,12-14,17,28H,10-11H2,1-2H3,(H,22,24)(H,23,27)(H,25,26)/b9-8+/t17-/m1/s1. The first-order valence-corrected chi connectivity index (χ1v) is 9.00. The number of anilines is 1. The molecule has 1 heterocycles. The largest absolute Gasteiger partial charge is 0.357 e. The average Bonchev–Trinajstić information content (AvgIpc) is 2.71. The fourth-order valence-electron chi connectivity index (χ4n) is 2.49. The number of nitrogens with zero attached hydrogens (tertiary/aromatic N) is 2. The molecule has 2 amide bonds. The van der Waals surface area contributed by atoms with Crippen molar-refractivity contribution in [3.05, 3.63) is 60.1 Å². The van der Waals surface area contributed by atoms with E-state index in [2.05, 4.69) is 20.6 Å². The van der Waals surface area contributed by atoms with E-state index in [0.717, 1.165) is 11.6 Å². The first-order valence-electron chi connectivity index (χ1n) is 9.00. The van der Waals surface area contributed by atoms with Crippen molar-refractivity contribution in [3.8, 4) is 0 Å². The molecule has 8 nitrogen and oxygen atoms in total. The van der Waals surface area contributed by atoms with Crippen LogP contribution in [-0.4, -0.2) is 33.0 Å². The van der Waals surface area contributed by atoms with Gasteiger partial charge in [-0.05, 0) is 24.0 Å². The molecule has 0 aliphatic rings. The molecule has 0 aliphatic heterocycles. The van der Waals surface area contributed by atoms with E-state index >= 15 is 0 Å². The Balaban J connectivity index is 1.99. The first kappa shape index (κ1) is 21.0. The van der Waals surface area contributed by atoms with Gasteiger partial charge in [0.05, 0.1) is 18.1 Å². The second kappa shape index (κ2) is 10.8. The van der Waals surface area contributed by atoms with Gasteiger partial charge in [-0.1, -0.05) is 44.2 Å². The van der Waals surface area contributed by atoms with Crippen LogP contribution in [0.1, 0.15) is 31.5 Å². The Bertz CT molecular complexity index is 791. The molecule has 8 heteroatoms. The summed E-state index contributed by atoms with van der Waals surface area (Å²) in [6.07, 6.45) is 6.16. The molecule has 28 heavy (non-hydrogen) atoms. The van der Waals surface area contributed by atoms with Crippen molar-refractivity contribution in [3.63, 3.8) is 0 Å². The van der Waals surface area contributed by atoms with Gasteiger partial charge in [-0.3, -0.25) is 19.8 Å². The summed E-state index contributed by atoms with van der Waals surface area (Å²) in [4.78, 5) is 32.0. The monoisotopic (exact) mass is 383 g/mol. The molecule has 2 aromatic rings. The molecule has 1 aromatic carbocycles. The molecule has 0 bridgehead atoms. The van der Waals surface area contributed by atoms with Crippen LogP contribution >= 0.6 is 0 Å². The maximum atomic E-state index is 12.6. The molecule has 1 aromatic heterocycles. The summed E-state index contributed by atoms with van der Waals surface area (Å²) in [5.41, 5.74) is 2.97. The van der Waals surface area contributed by atoms with Gasteiger partial charge in [-0.15, -0.1) is 0 Å². The minimum atomic E-state index is -0.656. The number of hydroxylamine groups is 1. The van der Waals surface area contributed by atoms with Gasteiger partial charge in [0.1, 0.15) is 11.9 Å². The SMILES string of the molecule is CC(C)C[C@@H](Nc1cnc(/C=C/C(=O)NO)cn1)C(=O)NCc1ccccc1. The van der Waals surface area contributed by atoms with E-state index in [4.69, 9.17) is 5.21 Å². The smallest absolute Gasteiger partial charge is 0.267 e. The van der Waals surface area contributed by atoms with Crippen LogP contribution in [0.25, 0.3) is 6.08 Å². The maximum absolute atomic E-state index is 12.6. The Morgan fingerprint density at radius 2 is 1.89 bits per heavy atom. The van der Waals surface area contributed by atoms with Crippen molar-refractivity contribution in [2.75, 3.05) is 5.32 Å². The molecule has 0 saturated carbocycles. The van der Waals surface area contributed by atoms with Crippen molar-refractivity contribution in [1.82, 2.24) is 20.8 Å². The number of benzene rings is 1. The second-order valence-electron chi connectivity index (χ2n) is 6.67. The molecule has 0 spiro atoms. The Morgan fingerprint density at radius 3 is 2.50 bits per heavy atom. The number of carbonyl (C=O) groups excluding carboxylic acids is 2. The zero-order chi connectivity index (χ0) is 20.4. The van der Waals surface area contributed by atoms with Crippen LogP contribution in [0.3, 0.4) is 0 Å². The summed E-state index contributed by atoms with van der Waals surface area (Å²) in [6.45, 7) is 4.55. The molecule has 0 fully saturated rings. The molecule has 2 rings (SSSR count). The highest BCUT2D eigenvalue weighted by Gasteiger charge is 2.20. The number of nitrogens with one attached hydrogen (secondary N) is 3. The molecular weight excluding hydrogens is 358 g/mol. The van der Waals surface area contributed by atoms with Gasteiger partial charge >= 0.3 is 0 Å². The average molecular weight is 383 g/mol. The summed E-state index contributed by atoms with van der Waals surface area (Å²) in [6, 6.07) is 9.27. The number of aromatic nitrogens is 2. The second-order valence-corrected chi connectivity index (χ2v) is 6.67. The number of hydrogen-bond acceptors (Lipinski definition) is 6. The minimum Gasteiger partial charge on any atom is -0.357 e. The van der Waals surface area contributed by atoms with Crippen molar-refractivity contribution < 1.29 is 14.8 Å². The van der Waals surface area contributed by atoms with Gasteiger partial charge in [0.25, 0.3) is 5.91 Å². The van der Waals surface area contributed by atoms with E-state index in [1.165, 1.54) is 23.9 Å². The molecule has 0 unspecified atom stereocenters. The lowest BCUT2D eigenvalue weighted by Crippen LogP contribution is -2.40. The number of rotatable bonds is 9. The van der Waals surface area contributed by atoms with E-state index in [1.807, 2.05) is 44.2 Å². The van der Waals surface area contributed by atoms with Crippen LogP contribution < -0.4 is 16.1 Å². The maximum Gasteiger partial charge on any atom is 0.267 e. The van der Waals surface area contributed by atoms with E-state index in [9.17, 15) is 9.59 Å². The van der Waals surface area contributed by atoms with Crippen LogP contribution in [0.15, 0.2) is 48.8 Å². The van der Waals surface area contributed by atoms with Gasteiger partial charge in [0, 0.05) is 12.6 Å². The third-order valence-electron chi connectivity index (χ3n) is 3.84. The van der Waals surface area contributed by atoms with Crippen LogP contribution in [0.2, 0.25) is 0 Å². The molecule has 1 atom stereocenters. The minimum absolute atomic E-state index is 0.108. The summed E-state index contributed by atoms with van der Waals surface area (Å²) < 4.78 is 0. The fourth-order valence-corrected chi connectivity index (χ4v) is 2.49. The zero-order valence-electron chi connectivity index (χ0n) is 15.9. The Labute approximate surface area is 164 Å². The van der Waals surface area contributed by atoms with Gasteiger partial charge in [0.15, 0.2) is 0 Å². The molecule has 148 valence electrons. The Kier molecular flexibility index (Phi) is 8.11. The summed E-state index contributed by atoms with van der Waals surface area (Å²) in [7, 11) is 0. The molecule has 4 N–H and O–H groups in total. The van der Waals surface area contributed by atoms with Crippen molar-refractivity contribution in [2.24, 2.45) is 5.92 Å². The molecule has 0 radical (unpaired) electrons. The van der Waals surface area contributed by atoms with Crippen LogP contribution in [0.4, 0.5) is 5.82 Å². The molecule has 0 aliphatic carbocycles. The molecule has 0 saturated heterocycles. The van der Waals surface area contributed by atoms with Gasteiger partial charge in [0.2, 0.25) is 5.91 Å². The van der Waals surface area contributed by atoms with Crippen LogP contribution in [0, 0.1) is 5.92 Å². The van der Waals surface area contributed by atoms with E-state index in [1.54, 1.807) is 0 Å². The third-order valence-corrected chi connectivity index (χ3v) is 3.84. The Hall–Kier alpha value is -3.26. The third kappa shape index (κ3) is 7.16. The fraction of sp³-hybridized carbons (Fsp3) is 0.300. The topological polar surface area (TPSA) is 116 Å². The van der Waals surface area contributed by atoms with Gasteiger partial charge in [-0.25, -0.2) is 10.5 Å². The lowest BCUT2D eigenvalue weighted by Gasteiger charge is -2.20. The highest BCUT2D eigenvalue weighted by molar-refractivity contribution is 5.90. The molecular formula is C20H25N5O3.